The van der Waals surface area contributed by atoms with Gasteiger partial charge in [0, 0.05) is 32.1 Å². The van der Waals surface area contributed by atoms with Crippen molar-refractivity contribution in [1.29, 1.82) is 0 Å². The molecule has 27 heavy (non-hydrogen) atoms. The maximum atomic E-state index is 12.9. The van der Waals surface area contributed by atoms with Gasteiger partial charge in [0.1, 0.15) is 5.56 Å². The molecule has 2 aromatic rings. The zero-order valence-electron chi connectivity index (χ0n) is 15.5. The molecule has 1 amide bonds. The molecule has 0 saturated carbocycles. The molecule has 0 unspecified atom stereocenters. The van der Waals surface area contributed by atoms with E-state index >= 15 is 0 Å². The summed E-state index contributed by atoms with van der Waals surface area (Å²) in [5, 5.41) is 0. The van der Waals surface area contributed by atoms with Crippen LogP contribution in [0, 0.1) is 0 Å². The Morgan fingerprint density at radius 1 is 1.15 bits per heavy atom. The monoisotopic (exact) mass is 368 g/mol. The highest BCUT2D eigenvalue weighted by Crippen LogP contribution is 2.34. The van der Waals surface area contributed by atoms with Crippen molar-refractivity contribution in [1.82, 2.24) is 9.47 Å². The van der Waals surface area contributed by atoms with Crippen LogP contribution in [0.25, 0.3) is 0 Å². The number of pyridine rings is 1. The molecule has 2 fully saturated rings. The summed E-state index contributed by atoms with van der Waals surface area (Å²) in [6.07, 6.45) is 3.08. The van der Waals surface area contributed by atoms with Gasteiger partial charge in [0.2, 0.25) is 0 Å². The minimum absolute atomic E-state index is 0.0894. The smallest absolute Gasteiger partial charge is 0.263 e. The molecule has 2 saturated heterocycles. The third-order valence-corrected chi connectivity index (χ3v) is 5.26. The zero-order valence-corrected chi connectivity index (χ0v) is 15.5. The number of nitrogens with zero attached hydrogens (tertiary/aromatic N) is 2. The van der Waals surface area contributed by atoms with Crippen LogP contribution >= 0.6 is 0 Å². The molecule has 1 spiro atoms. The van der Waals surface area contributed by atoms with Gasteiger partial charge in [-0.3, -0.25) is 9.59 Å². The lowest BCUT2D eigenvalue weighted by Crippen LogP contribution is -2.48. The lowest BCUT2D eigenvalue weighted by atomic mass is 10.0. The Hall–Kier alpha value is -2.44. The van der Waals surface area contributed by atoms with Crippen molar-refractivity contribution in [2.75, 3.05) is 19.7 Å². The van der Waals surface area contributed by atoms with Crippen molar-refractivity contribution in [2.45, 2.75) is 38.2 Å². The van der Waals surface area contributed by atoms with Gasteiger partial charge < -0.3 is 18.9 Å². The van der Waals surface area contributed by atoms with Crippen molar-refractivity contribution < 1.29 is 14.3 Å². The number of ether oxygens (including phenoxy) is 2. The number of likely N-dealkylation sites (tertiary alicyclic amines) is 1. The Balaban J connectivity index is 1.48. The van der Waals surface area contributed by atoms with Crippen LogP contribution < -0.4 is 5.56 Å². The molecule has 6 nitrogen and oxygen atoms in total. The summed E-state index contributed by atoms with van der Waals surface area (Å²) in [6, 6.07) is 13.1. The lowest BCUT2D eigenvalue weighted by Gasteiger charge is -2.37. The highest BCUT2D eigenvalue weighted by atomic mass is 16.7. The molecular weight excluding hydrogens is 344 g/mol. The van der Waals surface area contributed by atoms with E-state index in [1.54, 1.807) is 27.8 Å². The average Bonchev–Trinajstić information content (AvgIpc) is 3.04. The molecule has 1 aromatic carbocycles. The van der Waals surface area contributed by atoms with Crippen LogP contribution in [0.2, 0.25) is 0 Å². The molecule has 6 heteroatoms. The Kier molecular flexibility index (Phi) is 4.85. The maximum Gasteiger partial charge on any atom is 0.263 e. The van der Waals surface area contributed by atoms with E-state index in [1.807, 2.05) is 37.3 Å². The molecule has 2 aliphatic heterocycles. The quantitative estimate of drug-likeness (QED) is 0.834. The minimum atomic E-state index is -0.555. The first-order valence-electron chi connectivity index (χ1n) is 9.41. The first kappa shape index (κ1) is 17.9. The topological polar surface area (TPSA) is 60.8 Å². The largest absolute Gasteiger partial charge is 0.347 e. The van der Waals surface area contributed by atoms with Gasteiger partial charge in [0.25, 0.3) is 11.5 Å². The summed E-state index contributed by atoms with van der Waals surface area (Å²) >= 11 is 0. The summed E-state index contributed by atoms with van der Waals surface area (Å²) in [5.41, 5.74) is 0.980. The molecule has 0 radical (unpaired) electrons. The van der Waals surface area contributed by atoms with Crippen molar-refractivity contribution >= 4 is 5.91 Å². The summed E-state index contributed by atoms with van der Waals surface area (Å²) in [5.74, 6) is -0.774. The van der Waals surface area contributed by atoms with Gasteiger partial charge in [0.15, 0.2) is 5.79 Å². The van der Waals surface area contributed by atoms with Gasteiger partial charge in [-0.1, -0.05) is 30.3 Å². The van der Waals surface area contributed by atoms with E-state index in [9.17, 15) is 9.59 Å². The van der Waals surface area contributed by atoms with Crippen LogP contribution in [0.15, 0.2) is 53.5 Å². The van der Waals surface area contributed by atoms with E-state index in [0.29, 0.717) is 39.1 Å². The minimum Gasteiger partial charge on any atom is -0.347 e. The number of carbonyl (C=O) groups is 1. The third-order valence-electron chi connectivity index (χ3n) is 5.26. The van der Waals surface area contributed by atoms with Crippen molar-refractivity contribution in [3.05, 3.63) is 70.1 Å². The number of benzene rings is 1. The third kappa shape index (κ3) is 3.68. The molecule has 1 aromatic heterocycles. The second-order valence-corrected chi connectivity index (χ2v) is 7.28. The van der Waals surface area contributed by atoms with Crippen LogP contribution in [-0.4, -0.2) is 47.0 Å². The second-order valence-electron chi connectivity index (χ2n) is 7.28. The Bertz CT molecular complexity index is 869. The summed E-state index contributed by atoms with van der Waals surface area (Å²) in [6.45, 7) is 4.09. The van der Waals surface area contributed by atoms with Gasteiger partial charge in [-0.25, -0.2) is 0 Å². The fourth-order valence-corrected chi connectivity index (χ4v) is 3.79. The van der Waals surface area contributed by atoms with E-state index in [2.05, 4.69) is 0 Å². The second kappa shape index (κ2) is 7.29. The highest BCUT2D eigenvalue weighted by Gasteiger charge is 2.43. The standard InChI is InChI=1S/C21H24N2O4/c1-16-15-26-21(27-16)9-12-22(13-10-21)19(24)18-8-5-11-23(20(18)25)14-17-6-3-2-4-7-17/h2-8,11,16H,9-10,12-15H2,1H3/t16-/m0/s1. The van der Waals surface area contributed by atoms with Gasteiger partial charge in [-0.15, -0.1) is 0 Å². The van der Waals surface area contributed by atoms with Gasteiger partial charge in [-0.05, 0) is 24.6 Å². The fourth-order valence-electron chi connectivity index (χ4n) is 3.79. The summed E-state index contributed by atoms with van der Waals surface area (Å²) in [4.78, 5) is 27.5. The average molecular weight is 368 g/mol. The van der Waals surface area contributed by atoms with E-state index in [0.717, 1.165) is 5.56 Å². The van der Waals surface area contributed by atoms with E-state index < -0.39 is 5.79 Å². The maximum absolute atomic E-state index is 12.9. The van der Waals surface area contributed by atoms with E-state index in [-0.39, 0.29) is 23.1 Å². The normalized spacial score (nSPS) is 21.5. The number of rotatable bonds is 3. The van der Waals surface area contributed by atoms with Crippen LogP contribution in [-0.2, 0) is 16.0 Å². The SMILES string of the molecule is C[C@H]1COC2(CCN(C(=O)c3cccn(Cc4ccccc4)c3=O)CC2)O1. The van der Waals surface area contributed by atoms with E-state index in [4.69, 9.17) is 9.47 Å². The molecule has 4 rings (SSSR count). The highest BCUT2D eigenvalue weighted by molar-refractivity contribution is 5.93. The Morgan fingerprint density at radius 2 is 1.89 bits per heavy atom. The predicted molar refractivity (Wildman–Crippen MR) is 101 cm³/mol. The molecule has 0 N–H and O–H groups in total. The molecule has 0 aliphatic carbocycles. The first-order chi connectivity index (χ1) is 13.1. The number of hydrogen-bond donors (Lipinski definition) is 0. The number of hydrogen-bond acceptors (Lipinski definition) is 4. The van der Waals surface area contributed by atoms with Crippen LogP contribution in [0.1, 0.15) is 35.7 Å². The molecule has 0 bridgehead atoms. The molecule has 1 atom stereocenters. The Morgan fingerprint density at radius 3 is 2.56 bits per heavy atom. The number of amides is 1. The molecule has 2 aliphatic rings. The molecule has 142 valence electrons. The van der Waals surface area contributed by atoms with Crippen LogP contribution in [0.3, 0.4) is 0 Å². The fraction of sp³-hybridized carbons (Fsp3) is 0.429. The first-order valence-corrected chi connectivity index (χ1v) is 9.41. The van der Waals surface area contributed by atoms with Gasteiger partial charge >= 0.3 is 0 Å². The lowest BCUT2D eigenvalue weighted by molar-refractivity contribution is -0.189. The van der Waals surface area contributed by atoms with Gasteiger partial charge in [0.05, 0.1) is 19.3 Å². The summed E-state index contributed by atoms with van der Waals surface area (Å²) < 4.78 is 13.3. The van der Waals surface area contributed by atoms with E-state index in [1.165, 1.54) is 0 Å². The zero-order chi connectivity index (χ0) is 18.9. The van der Waals surface area contributed by atoms with Gasteiger partial charge in [-0.2, -0.15) is 0 Å². The Labute approximate surface area is 158 Å². The number of aromatic nitrogens is 1. The number of carbonyl (C=O) groups excluding carboxylic acids is 1. The van der Waals surface area contributed by atoms with Crippen LogP contribution in [0.5, 0.6) is 0 Å². The van der Waals surface area contributed by atoms with Crippen molar-refractivity contribution in [2.24, 2.45) is 0 Å². The van der Waals surface area contributed by atoms with Crippen molar-refractivity contribution in [3.63, 3.8) is 0 Å². The summed E-state index contributed by atoms with van der Waals surface area (Å²) in [7, 11) is 0. The van der Waals surface area contributed by atoms with Crippen molar-refractivity contribution in [3.8, 4) is 0 Å². The molecular formula is C21H24N2O4. The predicted octanol–water partition coefficient (Wildman–Crippen LogP) is 2.26. The van der Waals surface area contributed by atoms with Crippen LogP contribution in [0.4, 0.5) is 0 Å². The number of piperidine rings is 1. The molecule has 3 heterocycles.